The number of ether oxygens (including phenoxy) is 1. The molecule has 1 aliphatic rings. The normalized spacial score (nSPS) is 18.6. The maximum absolute atomic E-state index is 13.1. The van der Waals surface area contributed by atoms with Crippen LogP contribution in [0.15, 0.2) is 5.38 Å². The highest BCUT2D eigenvalue weighted by molar-refractivity contribution is 7.09. The Morgan fingerprint density at radius 1 is 1.55 bits per heavy atom. The van der Waals surface area contributed by atoms with Gasteiger partial charge in [-0.1, -0.05) is 0 Å². The second kappa shape index (κ2) is 5.33. The molecule has 4 nitrogen and oxygen atoms in total. The molecule has 8 heteroatoms. The van der Waals surface area contributed by atoms with Crippen molar-refractivity contribution in [2.24, 2.45) is 5.92 Å². The van der Waals surface area contributed by atoms with Crippen molar-refractivity contribution in [1.82, 2.24) is 10.3 Å². The van der Waals surface area contributed by atoms with Gasteiger partial charge >= 0.3 is 6.18 Å². The van der Waals surface area contributed by atoms with Crippen LogP contribution in [0.25, 0.3) is 0 Å². The number of carbonyl (C=O) groups excluding carboxylic acids is 1. The van der Waals surface area contributed by atoms with Gasteiger partial charge in [0.25, 0.3) is 5.91 Å². The van der Waals surface area contributed by atoms with Gasteiger partial charge < -0.3 is 10.1 Å². The number of halogens is 3. The average molecular weight is 308 g/mol. The molecule has 2 rings (SSSR count). The number of nitrogens with zero attached hydrogens (tertiary/aromatic N) is 1. The topological polar surface area (TPSA) is 51.2 Å². The lowest BCUT2D eigenvalue weighted by atomic mass is 9.94. The zero-order chi connectivity index (χ0) is 15.0. The SMILES string of the molecule is COCc1nc(C(=O)NC(C)(C2CC2)C(F)(F)F)cs1. The third kappa shape index (κ3) is 2.95. The van der Waals surface area contributed by atoms with Crippen LogP contribution in [0, 0.1) is 5.92 Å². The highest BCUT2D eigenvalue weighted by atomic mass is 32.1. The number of hydrogen-bond acceptors (Lipinski definition) is 4. The molecule has 0 bridgehead atoms. The maximum Gasteiger partial charge on any atom is 0.411 e. The zero-order valence-corrected chi connectivity index (χ0v) is 11.9. The number of thiazole rings is 1. The fourth-order valence-corrected chi connectivity index (χ4v) is 2.71. The Hall–Kier alpha value is -1.15. The second-order valence-electron chi connectivity index (χ2n) is 4.99. The van der Waals surface area contributed by atoms with Crippen molar-refractivity contribution in [3.63, 3.8) is 0 Å². The van der Waals surface area contributed by atoms with Gasteiger partial charge in [0.2, 0.25) is 0 Å². The highest BCUT2D eigenvalue weighted by Gasteiger charge is 2.60. The molecule has 1 N–H and O–H groups in total. The molecule has 0 aromatic carbocycles. The van der Waals surface area contributed by atoms with Crippen LogP contribution in [-0.2, 0) is 11.3 Å². The minimum Gasteiger partial charge on any atom is -0.378 e. The first kappa shape index (κ1) is 15.2. The molecule has 1 amide bonds. The molecule has 0 saturated heterocycles. The largest absolute Gasteiger partial charge is 0.411 e. The molecular weight excluding hydrogens is 293 g/mol. The predicted molar refractivity (Wildman–Crippen MR) is 67.5 cm³/mol. The summed E-state index contributed by atoms with van der Waals surface area (Å²) in [6.45, 7) is 1.27. The van der Waals surface area contributed by atoms with E-state index in [0.717, 1.165) is 6.92 Å². The summed E-state index contributed by atoms with van der Waals surface area (Å²) in [7, 11) is 1.48. The summed E-state index contributed by atoms with van der Waals surface area (Å²) < 4.78 is 44.3. The third-order valence-corrected chi connectivity index (χ3v) is 4.23. The summed E-state index contributed by atoms with van der Waals surface area (Å²) in [5, 5.41) is 4.10. The monoisotopic (exact) mass is 308 g/mol. The Morgan fingerprint density at radius 2 is 2.20 bits per heavy atom. The lowest BCUT2D eigenvalue weighted by molar-refractivity contribution is -0.194. The first-order valence-electron chi connectivity index (χ1n) is 6.10. The Labute approximate surface area is 118 Å². The van der Waals surface area contributed by atoms with Crippen LogP contribution in [-0.4, -0.2) is 29.7 Å². The molecule has 1 fully saturated rings. The summed E-state index contributed by atoms with van der Waals surface area (Å²) in [5.74, 6) is -1.35. The Bertz CT molecular complexity index is 499. The van der Waals surface area contributed by atoms with Gasteiger partial charge in [0.15, 0.2) is 0 Å². The van der Waals surface area contributed by atoms with Crippen LogP contribution in [0.3, 0.4) is 0 Å². The van der Waals surface area contributed by atoms with Crippen molar-refractivity contribution in [1.29, 1.82) is 0 Å². The summed E-state index contributed by atoms with van der Waals surface area (Å²) in [6, 6.07) is 0. The van der Waals surface area contributed by atoms with Crippen LogP contribution in [0.4, 0.5) is 13.2 Å². The van der Waals surface area contributed by atoms with E-state index in [0.29, 0.717) is 17.8 Å². The standard InChI is InChI=1S/C12H15F3N2O2S/c1-11(7-3-4-7,12(13,14)15)17-10(18)8-6-20-9(16-8)5-19-2/h6-7H,3-5H2,1-2H3,(H,17,18). The van der Waals surface area contributed by atoms with Gasteiger partial charge in [0.05, 0.1) is 6.61 Å². The number of nitrogens with one attached hydrogen (secondary N) is 1. The average Bonchev–Trinajstić information content (AvgIpc) is 3.09. The number of hydrogen-bond donors (Lipinski definition) is 1. The summed E-state index contributed by atoms with van der Waals surface area (Å²) >= 11 is 1.18. The third-order valence-electron chi connectivity index (χ3n) is 3.41. The van der Waals surface area contributed by atoms with E-state index in [9.17, 15) is 18.0 Å². The highest BCUT2D eigenvalue weighted by Crippen LogP contribution is 2.48. The fraction of sp³-hybridized carbons (Fsp3) is 0.667. The molecule has 112 valence electrons. The Balaban J connectivity index is 2.12. The molecule has 0 spiro atoms. The quantitative estimate of drug-likeness (QED) is 0.910. The minimum atomic E-state index is -4.48. The van der Waals surface area contributed by atoms with Crippen molar-refractivity contribution >= 4 is 17.2 Å². The number of carbonyl (C=O) groups is 1. The summed E-state index contributed by atoms with van der Waals surface area (Å²) in [4.78, 5) is 15.9. The van der Waals surface area contributed by atoms with Gasteiger partial charge in [-0.3, -0.25) is 4.79 Å². The van der Waals surface area contributed by atoms with Crippen molar-refractivity contribution in [2.45, 2.75) is 38.1 Å². The van der Waals surface area contributed by atoms with E-state index in [2.05, 4.69) is 10.3 Å². The van der Waals surface area contributed by atoms with Gasteiger partial charge in [0.1, 0.15) is 16.2 Å². The van der Waals surface area contributed by atoms with Crippen LogP contribution in [0.1, 0.15) is 35.3 Å². The lowest BCUT2D eigenvalue weighted by Crippen LogP contribution is -2.58. The van der Waals surface area contributed by atoms with E-state index in [-0.39, 0.29) is 12.3 Å². The molecule has 1 aromatic rings. The second-order valence-corrected chi connectivity index (χ2v) is 5.93. The molecular formula is C12H15F3N2O2S. The molecule has 1 atom stereocenters. The van der Waals surface area contributed by atoms with Gasteiger partial charge in [-0.25, -0.2) is 4.98 Å². The molecule has 1 heterocycles. The first-order valence-corrected chi connectivity index (χ1v) is 6.98. The number of rotatable bonds is 5. The van der Waals surface area contributed by atoms with Gasteiger partial charge in [-0.2, -0.15) is 13.2 Å². The minimum absolute atomic E-state index is 0.00169. The van der Waals surface area contributed by atoms with Crippen molar-refractivity contribution in [2.75, 3.05) is 7.11 Å². The number of amides is 1. The van der Waals surface area contributed by atoms with Gasteiger partial charge in [-0.15, -0.1) is 11.3 Å². The maximum atomic E-state index is 13.1. The van der Waals surface area contributed by atoms with Crippen LogP contribution in [0.5, 0.6) is 0 Å². The Kier molecular flexibility index (Phi) is 4.06. The van der Waals surface area contributed by atoms with E-state index in [1.54, 1.807) is 0 Å². The van der Waals surface area contributed by atoms with Gasteiger partial charge in [0, 0.05) is 12.5 Å². The fourth-order valence-electron chi connectivity index (χ4n) is 1.97. The van der Waals surface area contributed by atoms with Crippen LogP contribution in [0.2, 0.25) is 0 Å². The summed E-state index contributed by atoms with van der Waals surface area (Å²) in [5.41, 5.74) is -2.19. The molecule has 1 aromatic heterocycles. The molecule has 1 aliphatic carbocycles. The Morgan fingerprint density at radius 3 is 2.70 bits per heavy atom. The molecule has 1 unspecified atom stereocenters. The smallest absolute Gasteiger partial charge is 0.378 e. The van der Waals surface area contributed by atoms with Gasteiger partial charge in [-0.05, 0) is 25.7 Å². The first-order chi connectivity index (χ1) is 9.28. The number of methoxy groups -OCH3 is 1. The van der Waals surface area contributed by atoms with E-state index in [1.807, 2.05) is 0 Å². The van der Waals surface area contributed by atoms with E-state index >= 15 is 0 Å². The number of alkyl halides is 3. The van der Waals surface area contributed by atoms with E-state index < -0.39 is 23.5 Å². The molecule has 0 aliphatic heterocycles. The van der Waals surface area contributed by atoms with Crippen LogP contribution >= 0.6 is 11.3 Å². The molecule has 0 radical (unpaired) electrons. The van der Waals surface area contributed by atoms with E-state index in [4.69, 9.17) is 4.74 Å². The molecule has 1 saturated carbocycles. The lowest BCUT2D eigenvalue weighted by Gasteiger charge is -2.32. The zero-order valence-electron chi connectivity index (χ0n) is 11.1. The van der Waals surface area contributed by atoms with Crippen molar-refractivity contribution < 1.29 is 22.7 Å². The summed E-state index contributed by atoms with van der Waals surface area (Å²) in [6.07, 6.45) is -3.53. The number of aromatic nitrogens is 1. The van der Waals surface area contributed by atoms with E-state index in [1.165, 1.54) is 23.8 Å². The predicted octanol–water partition coefficient (Wildman–Crippen LogP) is 2.75. The van der Waals surface area contributed by atoms with Crippen molar-refractivity contribution in [3.05, 3.63) is 16.1 Å². The van der Waals surface area contributed by atoms with Crippen molar-refractivity contribution in [3.8, 4) is 0 Å². The molecule has 20 heavy (non-hydrogen) atoms. The van der Waals surface area contributed by atoms with Crippen LogP contribution < -0.4 is 5.32 Å².